The van der Waals surface area contributed by atoms with Gasteiger partial charge >= 0.3 is 0 Å². The van der Waals surface area contributed by atoms with E-state index in [9.17, 15) is 9.90 Å². The molecule has 2 atom stereocenters. The van der Waals surface area contributed by atoms with Gasteiger partial charge in [0.25, 0.3) is 0 Å². The molecule has 2 unspecified atom stereocenters. The minimum absolute atomic E-state index is 0.0540. The van der Waals surface area contributed by atoms with Gasteiger partial charge in [-0.25, -0.2) is 0 Å². The second kappa shape index (κ2) is 5.96. The largest absolute Gasteiger partial charge is 0.389 e. The maximum absolute atomic E-state index is 12.6. The van der Waals surface area contributed by atoms with E-state index in [1.54, 1.807) is 6.92 Å². The number of rotatable bonds is 3. The minimum atomic E-state index is -0.578. The van der Waals surface area contributed by atoms with Crippen molar-refractivity contribution in [3.05, 3.63) is 29.8 Å². The number of nitrogens with one attached hydrogen (secondary N) is 1. The fourth-order valence-electron chi connectivity index (χ4n) is 3.18. The van der Waals surface area contributed by atoms with E-state index in [0.29, 0.717) is 0 Å². The molecule has 0 spiro atoms. The summed E-state index contributed by atoms with van der Waals surface area (Å²) in [6.07, 6.45) is 3.81. The third-order valence-corrected chi connectivity index (χ3v) is 4.49. The van der Waals surface area contributed by atoms with Crippen LogP contribution in [0.5, 0.6) is 0 Å². The number of amides is 1. The summed E-state index contributed by atoms with van der Waals surface area (Å²) < 4.78 is 0. The summed E-state index contributed by atoms with van der Waals surface area (Å²) in [5, 5.41) is 12.8. The highest BCUT2D eigenvalue weighted by Crippen LogP contribution is 2.41. The summed E-state index contributed by atoms with van der Waals surface area (Å²) in [5.74, 6) is 0.140. The van der Waals surface area contributed by atoms with Crippen LogP contribution in [0.25, 0.3) is 0 Å². The van der Waals surface area contributed by atoms with Crippen molar-refractivity contribution in [1.82, 2.24) is 0 Å². The Hall–Kier alpha value is -1.35. The molecule has 2 rings (SSSR count). The van der Waals surface area contributed by atoms with Crippen LogP contribution in [0.4, 0.5) is 5.69 Å². The van der Waals surface area contributed by atoms with Gasteiger partial charge in [-0.2, -0.15) is 0 Å². The van der Waals surface area contributed by atoms with E-state index in [2.05, 4.69) is 19.2 Å². The fraction of sp³-hybridized carbons (Fsp3) is 0.588. The van der Waals surface area contributed by atoms with Crippen molar-refractivity contribution < 1.29 is 9.90 Å². The Kier molecular flexibility index (Phi) is 4.48. The number of carbonyl (C=O) groups is 1. The van der Waals surface area contributed by atoms with Gasteiger partial charge in [0.1, 0.15) is 0 Å². The lowest BCUT2D eigenvalue weighted by Crippen LogP contribution is -2.37. The summed E-state index contributed by atoms with van der Waals surface area (Å²) >= 11 is 0. The third kappa shape index (κ3) is 3.21. The van der Waals surface area contributed by atoms with Gasteiger partial charge in [0, 0.05) is 17.2 Å². The molecule has 2 N–H and O–H groups in total. The molecule has 0 saturated heterocycles. The smallest absolute Gasteiger partial charge is 0.228 e. The highest BCUT2D eigenvalue weighted by atomic mass is 16.3. The lowest BCUT2D eigenvalue weighted by atomic mass is 9.68. The van der Waals surface area contributed by atoms with Gasteiger partial charge in [0.15, 0.2) is 0 Å². The summed E-state index contributed by atoms with van der Waals surface area (Å²) in [6, 6.07) is 7.47. The fourth-order valence-corrected chi connectivity index (χ4v) is 3.18. The van der Waals surface area contributed by atoms with E-state index in [1.807, 2.05) is 24.3 Å². The molecule has 0 radical (unpaired) electrons. The van der Waals surface area contributed by atoms with Crippen LogP contribution in [0.1, 0.15) is 58.1 Å². The number of carbonyl (C=O) groups excluding carboxylic acids is 1. The normalized spacial score (nSPS) is 23.1. The first-order valence-corrected chi connectivity index (χ1v) is 7.49. The standard InChI is InChI=1S/C17H25NO2/c1-12(19)13-8-4-5-10-15(13)18-16(20)14-9-6-7-11-17(14,2)3/h4-5,8,10,12,14,19H,6-7,9,11H2,1-3H3,(H,18,20). The van der Waals surface area contributed by atoms with E-state index in [-0.39, 0.29) is 17.2 Å². The van der Waals surface area contributed by atoms with Crippen LogP contribution < -0.4 is 5.32 Å². The average Bonchev–Trinajstić information content (AvgIpc) is 2.38. The quantitative estimate of drug-likeness (QED) is 0.879. The monoisotopic (exact) mass is 275 g/mol. The van der Waals surface area contributed by atoms with Crippen molar-refractivity contribution in [2.75, 3.05) is 5.32 Å². The summed E-state index contributed by atoms with van der Waals surface area (Å²) in [7, 11) is 0. The van der Waals surface area contributed by atoms with Gasteiger partial charge in [-0.05, 0) is 31.2 Å². The average molecular weight is 275 g/mol. The van der Waals surface area contributed by atoms with Crippen LogP contribution in [-0.2, 0) is 4.79 Å². The number of benzene rings is 1. The van der Waals surface area contributed by atoms with Crippen LogP contribution in [-0.4, -0.2) is 11.0 Å². The molecule has 3 nitrogen and oxygen atoms in total. The number of aliphatic hydroxyl groups is 1. The predicted octanol–water partition coefficient (Wildman–Crippen LogP) is 3.89. The second-order valence-electron chi connectivity index (χ2n) is 6.54. The van der Waals surface area contributed by atoms with E-state index < -0.39 is 6.10 Å². The number of aliphatic hydroxyl groups excluding tert-OH is 1. The molecule has 20 heavy (non-hydrogen) atoms. The summed E-state index contributed by atoms with van der Waals surface area (Å²) in [5.41, 5.74) is 1.56. The van der Waals surface area contributed by atoms with E-state index in [0.717, 1.165) is 30.5 Å². The first-order chi connectivity index (χ1) is 9.42. The molecule has 110 valence electrons. The Morgan fingerprint density at radius 1 is 1.35 bits per heavy atom. The van der Waals surface area contributed by atoms with Crippen molar-refractivity contribution in [2.24, 2.45) is 11.3 Å². The van der Waals surface area contributed by atoms with Gasteiger partial charge in [-0.3, -0.25) is 4.79 Å². The molecule has 1 aliphatic carbocycles. The molecule has 1 aliphatic rings. The zero-order chi connectivity index (χ0) is 14.8. The lowest BCUT2D eigenvalue weighted by molar-refractivity contribution is -0.124. The van der Waals surface area contributed by atoms with E-state index >= 15 is 0 Å². The molecule has 1 aromatic carbocycles. The third-order valence-electron chi connectivity index (χ3n) is 4.49. The van der Waals surface area contributed by atoms with Gasteiger partial charge in [-0.1, -0.05) is 44.9 Å². The zero-order valence-corrected chi connectivity index (χ0v) is 12.6. The summed E-state index contributed by atoms with van der Waals surface area (Å²) in [6.45, 7) is 6.07. The molecular formula is C17H25NO2. The van der Waals surface area contributed by atoms with Crippen LogP contribution >= 0.6 is 0 Å². The maximum Gasteiger partial charge on any atom is 0.228 e. The predicted molar refractivity (Wildman–Crippen MR) is 81.4 cm³/mol. The van der Waals surface area contributed by atoms with Gasteiger partial charge in [0.2, 0.25) is 5.91 Å². The first kappa shape index (κ1) is 15.0. The van der Waals surface area contributed by atoms with Crippen LogP contribution in [0.3, 0.4) is 0 Å². The van der Waals surface area contributed by atoms with Crippen LogP contribution in [0.2, 0.25) is 0 Å². The Labute approximate surface area is 121 Å². The molecule has 0 bridgehead atoms. The first-order valence-electron chi connectivity index (χ1n) is 7.49. The second-order valence-corrected chi connectivity index (χ2v) is 6.54. The Morgan fingerprint density at radius 2 is 2.05 bits per heavy atom. The zero-order valence-electron chi connectivity index (χ0n) is 12.6. The molecule has 1 saturated carbocycles. The van der Waals surface area contributed by atoms with Crippen molar-refractivity contribution in [3.63, 3.8) is 0 Å². The number of anilines is 1. The van der Waals surface area contributed by atoms with Gasteiger partial charge < -0.3 is 10.4 Å². The van der Waals surface area contributed by atoms with E-state index in [1.165, 1.54) is 6.42 Å². The number of hydrogen-bond acceptors (Lipinski definition) is 2. The molecule has 3 heteroatoms. The van der Waals surface area contributed by atoms with Crippen molar-refractivity contribution in [1.29, 1.82) is 0 Å². The Balaban J connectivity index is 2.15. The molecule has 1 aromatic rings. The van der Waals surface area contributed by atoms with Gasteiger partial charge in [-0.15, -0.1) is 0 Å². The maximum atomic E-state index is 12.6. The van der Waals surface area contributed by atoms with Gasteiger partial charge in [0.05, 0.1) is 6.10 Å². The van der Waals surface area contributed by atoms with Crippen LogP contribution in [0, 0.1) is 11.3 Å². The molecule has 1 fully saturated rings. The lowest BCUT2D eigenvalue weighted by Gasteiger charge is -2.37. The topological polar surface area (TPSA) is 49.3 Å². The molecule has 1 amide bonds. The molecule has 0 aliphatic heterocycles. The number of hydrogen-bond donors (Lipinski definition) is 2. The van der Waals surface area contributed by atoms with E-state index in [4.69, 9.17) is 0 Å². The molecule has 0 heterocycles. The highest BCUT2D eigenvalue weighted by molar-refractivity contribution is 5.93. The van der Waals surface area contributed by atoms with Crippen LogP contribution in [0.15, 0.2) is 24.3 Å². The highest BCUT2D eigenvalue weighted by Gasteiger charge is 2.37. The SMILES string of the molecule is CC(O)c1ccccc1NC(=O)C1CCCCC1(C)C. The molecular weight excluding hydrogens is 250 g/mol. The van der Waals surface area contributed by atoms with Crippen molar-refractivity contribution in [2.45, 2.75) is 52.6 Å². The molecule has 0 aromatic heterocycles. The Bertz CT molecular complexity index is 480. The summed E-state index contributed by atoms with van der Waals surface area (Å²) in [4.78, 5) is 12.6. The Morgan fingerprint density at radius 3 is 2.70 bits per heavy atom. The minimum Gasteiger partial charge on any atom is -0.389 e. The van der Waals surface area contributed by atoms with Crippen molar-refractivity contribution >= 4 is 11.6 Å². The van der Waals surface area contributed by atoms with Crippen molar-refractivity contribution in [3.8, 4) is 0 Å². The number of para-hydroxylation sites is 1.